The van der Waals surface area contributed by atoms with E-state index in [1.807, 2.05) is 38.6 Å². The predicted octanol–water partition coefficient (Wildman–Crippen LogP) is 3.38. The third-order valence-corrected chi connectivity index (χ3v) is 3.10. The molecule has 0 aliphatic rings. The molecule has 5 heteroatoms. The Kier molecular flexibility index (Phi) is 4.21. The van der Waals surface area contributed by atoms with Gasteiger partial charge in [0.2, 0.25) is 0 Å². The highest BCUT2D eigenvalue weighted by Gasteiger charge is 2.15. The highest BCUT2D eigenvalue weighted by molar-refractivity contribution is 5.84. The number of aromatic nitrogens is 1. The van der Waals surface area contributed by atoms with Gasteiger partial charge in [0.15, 0.2) is 0 Å². The third-order valence-electron chi connectivity index (χ3n) is 3.10. The Morgan fingerprint density at radius 1 is 1.38 bits per heavy atom. The van der Waals surface area contributed by atoms with Crippen LogP contribution in [0.2, 0.25) is 0 Å². The Balaban J connectivity index is 2.00. The molecule has 0 saturated carbocycles. The fourth-order valence-electron chi connectivity index (χ4n) is 2.25. The van der Waals surface area contributed by atoms with Crippen LogP contribution in [0.4, 0.5) is 9.18 Å². The van der Waals surface area contributed by atoms with Crippen molar-refractivity contribution in [3.05, 3.63) is 35.8 Å². The molecule has 0 aliphatic heterocycles. The molecule has 0 aliphatic carbocycles. The van der Waals surface area contributed by atoms with Crippen LogP contribution in [0.25, 0.3) is 10.9 Å². The summed E-state index contributed by atoms with van der Waals surface area (Å²) in [6.45, 7) is 5.95. The van der Waals surface area contributed by atoms with Crippen molar-refractivity contribution < 1.29 is 13.9 Å². The van der Waals surface area contributed by atoms with Crippen LogP contribution in [0.1, 0.15) is 26.3 Å². The highest BCUT2D eigenvalue weighted by Crippen LogP contribution is 2.21. The zero-order chi connectivity index (χ0) is 15.6. The zero-order valence-corrected chi connectivity index (χ0v) is 12.9. The van der Waals surface area contributed by atoms with Gasteiger partial charge in [-0.2, -0.15) is 0 Å². The van der Waals surface area contributed by atoms with Crippen LogP contribution in [-0.2, 0) is 18.2 Å². The minimum atomic E-state index is -0.499. The summed E-state index contributed by atoms with van der Waals surface area (Å²) in [6, 6.07) is 4.74. The monoisotopic (exact) mass is 292 g/mol. The first-order valence-electron chi connectivity index (χ1n) is 6.96. The number of carbonyl (C=O) groups is 1. The van der Waals surface area contributed by atoms with E-state index in [9.17, 15) is 9.18 Å². The van der Waals surface area contributed by atoms with E-state index in [0.717, 1.165) is 16.5 Å². The van der Waals surface area contributed by atoms with Gasteiger partial charge in [0.25, 0.3) is 0 Å². The number of benzene rings is 1. The van der Waals surface area contributed by atoms with Crippen molar-refractivity contribution in [2.75, 3.05) is 6.54 Å². The lowest BCUT2D eigenvalue weighted by Gasteiger charge is -2.19. The van der Waals surface area contributed by atoms with E-state index in [4.69, 9.17) is 4.74 Å². The van der Waals surface area contributed by atoms with Crippen molar-refractivity contribution in [3.8, 4) is 0 Å². The summed E-state index contributed by atoms with van der Waals surface area (Å²) in [5.41, 5.74) is 1.42. The zero-order valence-electron chi connectivity index (χ0n) is 12.9. The average molecular weight is 292 g/mol. The molecule has 114 valence electrons. The van der Waals surface area contributed by atoms with Gasteiger partial charge in [-0.25, -0.2) is 9.18 Å². The number of fused-ring (bicyclic) bond motifs is 1. The molecule has 2 aromatic rings. The molecule has 1 heterocycles. The second kappa shape index (κ2) is 5.76. The summed E-state index contributed by atoms with van der Waals surface area (Å²) >= 11 is 0. The maximum atomic E-state index is 13.3. The van der Waals surface area contributed by atoms with Gasteiger partial charge >= 0.3 is 6.09 Å². The highest BCUT2D eigenvalue weighted by atomic mass is 19.1. The Hall–Kier alpha value is -2.04. The van der Waals surface area contributed by atoms with Gasteiger partial charge in [0.1, 0.15) is 11.4 Å². The number of nitrogens with one attached hydrogen (secondary N) is 1. The van der Waals surface area contributed by atoms with Crippen LogP contribution >= 0.6 is 0 Å². The van der Waals surface area contributed by atoms with E-state index in [0.29, 0.717) is 13.0 Å². The molecular weight excluding hydrogens is 271 g/mol. The molecule has 0 saturated heterocycles. The number of ether oxygens (including phenoxy) is 1. The van der Waals surface area contributed by atoms with Gasteiger partial charge in [-0.3, -0.25) is 0 Å². The SMILES string of the molecule is Cn1cc(CCNC(=O)OC(C)(C)C)c2ccc(F)cc21. The van der Waals surface area contributed by atoms with Crippen LogP contribution in [0.5, 0.6) is 0 Å². The average Bonchev–Trinajstić information content (AvgIpc) is 2.64. The van der Waals surface area contributed by atoms with Crippen LogP contribution in [0.15, 0.2) is 24.4 Å². The molecule has 2 rings (SSSR count). The molecule has 4 nitrogen and oxygen atoms in total. The second-order valence-corrected chi connectivity index (χ2v) is 6.11. The molecule has 1 aromatic carbocycles. The number of alkyl carbamates (subject to hydrolysis) is 1. The first kappa shape index (κ1) is 15.4. The molecule has 0 bridgehead atoms. The van der Waals surface area contributed by atoms with Gasteiger partial charge in [0, 0.05) is 25.2 Å². The van der Waals surface area contributed by atoms with E-state index in [1.165, 1.54) is 12.1 Å². The molecule has 0 radical (unpaired) electrons. The van der Waals surface area contributed by atoms with Gasteiger partial charge < -0.3 is 14.6 Å². The fraction of sp³-hybridized carbons (Fsp3) is 0.438. The minimum Gasteiger partial charge on any atom is -0.444 e. The Morgan fingerprint density at radius 2 is 2.10 bits per heavy atom. The number of hydrogen-bond donors (Lipinski definition) is 1. The standard InChI is InChI=1S/C16H21FN2O2/c1-16(2,3)21-15(20)18-8-7-11-10-19(4)14-9-12(17)5-6-13(11)14/h5-6,9-10H,7-8H2,1-4H3,(H,18,20). The lowest BCUT2D eigenvalue weighted by Crippen LogP contribution is -2.33. The van der Waals surface area contributed by atoms with Crippen molar-refractivity contribution in [2.24, 2.45) is 7.05 Å². The summed E-state index contributed by atoms with van der Waals surface area (Å²) in [7, 11) is 1.88. The Morgan fingerprint density at radius 3 is 2.76 bits per heavy atom. The molecular formula is C16H21FN2O2. The van der Waals surface area contributed by atoms with Crippen LogP contribution < -0.4 is 5.32 Å². The maximum Gasteiger partial charge on any atom is 0.407 e. The van der Waals surface area contributed by atoms with E-state index < -0.39 is 11.7 Å². The number of hydrogen-bond acceptors (Lipinski definition) is 2. The fourth-order valence-corrected chi connectivity index (χ4v) is 2.25. The van der Waals surface area contributed by atoms with Gasteiger partial charge in [-0.15, -0.1) is 0 Å². The molecule has 1 aromatic heterocycles. The van der Waals surface area contributed by atoms with Gasteiger partial charge in [-0.05, 0) is 51.0 Å². The number of carbonyl (C=O) groups excluding carboxylic acids is 1. The molecule has 21 heavy (non-hydrogen) atoms. The Labute approximate surface area is 123 Å². The van der Waals surface area contributed by atoms with Crippen LogP contribution in [0, 0.1) is 5.82 Å². The predicted molar refractivity (Wildman–Crippen MR) is 80.8 cm³/mol. The van der Waals surface area contributed by atoms with Crippen molar-refractivity contribution in [1.29, 1.82) is 0 Å². The van der Waals surface area contributed by atoms with E-state index in [2.05, 4.69) is 5.32 Å². The van der Waals surface area contributed by atoms with Crippen LogP contribution in [0.3, 0.4) is 0 Å². The normalized spacial score (nSPS) is 11.7. The summed E-state index contributed by atoms with van der Waals surface area (Å²) in [4.78, 5) is 11.6. The van der Waals surface area contributed by atoms with Crippen molar-refractivity contribution in [2.45, 2.75) is 32.8 Å². The number of rotatable bonds is 3. The second-order valence-electron chi connectivity index (χ2n) is 6.11. The lowest BCUT2D eigenvalue weighted by molar-refractivity contribution is 0.0528. The lowest BCUT2D eigenvalue weighted by atomic mass is 10.1. The topological polar surface area (TPSA) is 43.3 Å². The summed E-state index contributed by atoms with van der Waals surface area (Å²) in [5.74, 6) is -0.248. The smallest absolute Gasteiger partial charge is 0.407 e. The van der Waals surface area contributed by atoms with Crippen molar-refractivity contribution in [3.63, 3.8) is 0 Å². The van der Waals surface area contributed by atoms with Crippen molar-refractivity contribution >= 4 is 17.0 Å². The summed E-state index contributed by atoms with van der Waals surface area (Å²) in [5, 5.41) is 3.73. The van der Waals surface area contributed by atoms with E-state index >= 15 is 0 Å². The largest absolute Gasteiger partial charge is 0.444 e. The molecule has 1 N–H and O–H groups in total. The van der Waals surface area contributed by atoms with Crippen LogP contribution in [-0.4, -0.2) is 22.8 Å². The number of aryl methyl sites for hydroxylation is 1. The molecule has 0 spiro atoms. The number of halogens is 1. The summed E-state index contributed by atoms with van der Waals surface area (Å²) in [6.07, 6.45) is 2.21. The van der Waals surface area contributed by atoms with Crippen molar-refractivity contribution in [1.82, 2.24) is 9.88 Å². The molecule has 0 unspecified atom stereocenters. The quantitative estimate of drug-likeness (QED) is 0.942. The molecule has 0 fully saturated rings. The number of amides is 1. The maximum absolute atomic E-state index is 13.3. The first-order chi connectivity index (χ1) is 9.76. The Bertz CT molecular complexity index is 656. The third kappa shape index (κ3) is 3.97. The minimum absolute atomic E-state index is 0.248. The molecule has 1 amide bonds. The molecule has 0 atom stereocenters. The van der Waals surface area contributed by atoms with E-state index in [1.54, 1.807) is 6.07 Å². The van der Waals surface area contributed by atoms with Gasteiger partial charge in [0.05, 0.1) is 5.52 Å². The summed E-state index contributed by atoms with van der Waals surface area (Å²) < 4.78 is 20.3. The number of nitrogens with zero attached hydrogens (tertiary/aromatic N) is 1. The van der Waals surface area contributed by atoms with E-state index in [-0.39, 0.29) is 5.82 Å². The van der Waals surface area contributed by atoms with Gasteiger partial charge in [-0.1, -0.05) is 0 Å². The first-order valence-corrected chi connectivity index (χ1v) is 6.96.